The summed E-state index contributed by atoms with van der Waals surface area (Å²) in [5.74, 6) is -0.752. The van der Waals surface area contributed by atoms with Crippen molar-refractivity contribution in [3.8, 4) is 0 Å². The Balaban J connectivity index is 2.39. The number of methoxy groups -OCH3 is 1. The molecular weight excluding hydrogens is 337 g/mol. The maximum absolute atomic E-state index is 13.0. The average Bonchev–Trinajstić information content (AvgIpc) is 2.49. The summed E-state index contributed by atoms with van der Waals surface area (Å²) in [4.78, 5) is 12.2. The van der Waals surface area contributed by atoms with Gasteiger partial charge in [0.05, 0.1) is 7.11 Å². The van der Waals surface area contributed by atoms with Crippen molar-refractivity contribution in [1.29, 1.82) is 0 Å². The molecule has 0 heterocycles. The van der Waals surface area contributed by atoms with Crippen LogP contribution in [0.5, 0.6) is 0 Å². The van der Waals surface area contributed by atoms with Crippen molar-refractivity contribution in [3.05, 3.63) is 64.4 Å². The fraction of sp³-hybridized carbons (Fsp3) is 0.188. The van der Waals surface area contributed by atoms with E-state index in [0.717, 1.165) is 10.0 Å². The second-order valence-electron chi connectivity index (χ2n) is 4.76. The Bertz CT molecular complexity index is 628. The lowest BCUT2D eigenvalue weighted by atomic mass is 9.91. The number of anilines is 1. The largest absolute Gasteiger partial charge is 0.467 e. The molecule has 2 aromatic carbocycles. The second-order valence-corrected chi connectivity index (χ2v) is 5.67. The van der Waals surface area contributed by atoms with Crippen LogP contribution in [0.25, 0.3) is 0 Å². The Morgan fingerprint density at radius 3 is 2.24 bits per heavy atom. The van der Waals surface area contributed by atoms with Crippen LogP contribution < -0.4 is 5.32 Å². The number of hydrogen-bond acceptors (Lipinski definition) is 3. The van der Waals surface area contributed by atoms with Crippen molar-refractivity contribution >= 4 is 27.6 Å². The van der Waals surface area contributed by atoms with Crippen LogP contribution in [-0.2, 0) is 15.1 Å². The topological polar surface area (TPSA) is 38.3 Å². The molecule has 0 saturated carbocycles. The molecule has 0 saturated heterocycles. The number of nitrogens with one attached hydrogen (secondary N) is 1. The molecule has 0 amide bonds. The van der Waals surface area contributed by atoms with E-state index >= 15 is 0 Å². The number of benzene rings is 2. The number of rotatable bonds is 4. The van der Waals surface area contributed by atoms with Gasteiger partial charge in [-0.15, -0.1) is 0 Å². The van der Waals surface area contributed by atoms with Gasteiger partial charge >= 0.3 is 5.97 Å². The molecule has 0 aliphatic rings. The highest BCUT2D eigenvalue weighted by molar-refractivity contribution is 9.10. The maximum atomic E-state index is 13.0. The minimum atomic E-state index is -1.06. The van der Waals surface area contributed by atoms with Crippen LogP contribution in [0.4, 0.5) is 10.1 Å². The zero-order valence-electron chi connectivity index (χ0n) is 11.7. The first-order valence-corrected chi connectivity index (χ1v) is 7.13. The van der Waals surface area contributed by atoms with Gasteiger partial charge in [0.1, 0.15) is 5.82 Å². The Kier molecular flexibility index (Phi) is 4.63. The molecule has 1 unspecified atom stereocenters. The van der Waals surface area contributed by atoms with Gasteiger partial charge in [0.15, 0.2) is 5.54 Å². The zero-order valence-corrected chi connectivity index (χ0v) is 13.3. The molecule has 1 atom stereocenters. The minimum absolute atomic E-state index is 0.330. The molecule has 0 aliphatic carbocycles. The summed E-state index contributed by atoms with van der Waals surface area (Å²) < 4.78 is 18.8. The molecule has 5 heteroatoms. The molecule has 2 rings (SSSR count). The van der Waals surface area contributed by atoms with Crippen LogP contribution in [0.2, 0.25) is 0 Å². The van der Waals surface area contributed by atoms with Crippen LogP contribution >= 0.6 is 15.9 Å². The van der Waals surface area contributed by atoms with Crippen LogP contribution in [0.15, 0.2) is 53.0 Å². The van der Waals surface area contributed by atoms with Gasteiger partial charge < -0.3 is 10.1 Å². The lowest BCUT2D eigenvalue weighted by molar-refractivity contribution is -0.145. The summed E-state index contributed by atoms with van der Waals surface area (Å²) >= 11 is 3.36. The third-order valence-electron chi connectivity index (χ3n) is 3.25. The quantitative estimate of drug-likeness (QED) is 0.843. The SMILES string of the molecule is COC(=O)C(C)(Nc1ccc(F)cc1)c1ccc(Br)cc1. The van der Waals surface area contributed by atoms with E-state index in [2.05, 4.69) is 21.2 Å². The Labute approximate surface area is 131 Å². The van der Waals surface area contributed by atoms with Crippen molar-refractivity contribution in [3.63, 3.8) is 0 Å². The van der Waals surface area contributed by atoms with Gasteiger partial charge in [-0.25, -0.2) is 9.18 Å². The first kappa shape index (κ1) is 15.5. The first-order valence-electron chi connectivity index (χ1n) is 6.34. The maximum Gasteiger partial charge on any atom is 0.335 e. The third kappa shape index (κ3) is 3.42. The Hall–Kier alpha value is -1.88. The van der Waals surface area contributed by atoms with Gasteiger partial charge in [0.25, 0.3) is 0 Å². The number of carbonyl (C=O) groups excluding carboxylic acids is 1. The fourth-order valence-electron chi connectivity index (χ4n) is 2.05. The number of ether oxygens (including phenoxy) is 1. The highest BCUT2D eigenvalue weighted by Gasteiger charge is 2.36. The number of hydrogen-bond donors (Lipinski definition) is 1. The summed E-state index contributed by atoms with van der Waals surface area (Å²) in [6.07, 6.45) is 0. The summed E-state index contributed by atoms with van der Waals surface area (Å²) in [5, 5.41) is 3.11. The second kappa shape index (κ2) is 6.26. The molecule has 3 nitrogen and oxygen atoms in total. The monoisotopic (exact) mass is 351 g/mol. The fourth-order valence-corrected chi connectivity index (χ4v) is 2.31. The van der Waals surface area contributed by atoms with E-state index in [4.69, 9.17) is 4.74 Å². The molecule has 0 spiro atoms. The average molecular weight is 352 g/mol. The standard InChI is InChI=1S/C16H15BrFNO2/c1-16(15(20)21-2,11-3-5-12(17)6-4-11)19-14-9-7-13(18)8-10-14/h3-10,19H,1-2H3. The van der Waals surface area contributed by atoms with E-state index in [1.54, 1.807) is 19.1 Å². The Morgan fingerprint density at radius 1 is 1.14 bits per heavy atom. The third-order valence-corrected chi connectivity index (χ3v) is 3.78. The summed E-state index contributed by atoms with van der Waals surface area (Å²) in [7, 11) is 1.34. The van der Waals surface area contributed by atoms with Gasteiger partial charge in [-0.1, -0.05) is 28.1 Å². The minimum Gasteiger partial charge on any atom is -0.467 e. The molecule has 110 valence electrons. The zero-order chi connectivity index (χ0) is 15.5. The van der Waals surface area contributed by atoms with E-state index in [9.17, 15) is 9.18 Å². The van der Waals surface area contributed by atoms with Crippen molar-refractivity contribution in [1.82, 2.24) is 0 Å². The molecular formula is C16H15BrFNO2. The van der Waals surface area contributed by atoms with Gasteiger partial charge in [-0.2, -0.15) is 0 Å². The predicted molar refractivity (Wildman–Crippen MR) is 83.5 cm³/mol. The molecule has 1 N–H and O–H groups in total. The number of esters is 1. The van der Waals surface area contributed by atoms with Crippen molar-refractivity contribution < 1.29 is 13.9 Å². The highest BCUT2D eigenvalue weighted by Crippen LogP contribution is 2.28. The van der Waals surface area contributed by atoms with Crippen molar-refractivity contribution in [2.75, 3.05) is 12.4 Å². The van der Waals surface area contributed by atoms with Crippen LogP contribution in [0.3, 0.4) is 0 Å². The van der Waals surface area contributed by atoms with Crippen LogP contribution in [0, 0.1) is 5.82 Å². The molecule has 0 fully saturated rings. The predicted octanol–water partition coefficient (Wildman–Crippen LogP) is 4.09. The van der Waals surface area contributed by atoms with E-state index in [-0.39, 0.29) is 5.82 Å². The van der Waals surface area contributed by atoms with Crippen molar-refractivity contribution in [2.45, 2.75) is 12.5 Å². The molecule has 21 heavy (non-hydrogen) atoms. The van der Waals surface area contributed by atoms with Crippen LogP contribution in [0.1, 0.15) is 12.5 Å². The Morgan fingerprint density at radius 2 is 1.71 bits per heavy atom. The molecule has 0 bridgehead atoms. The summed E-state index contributed by atoms with van der Waals surface area (Å²) in [6.45, 7) is 1.73. The number of carbonyl (C=O) groups is 1. The van der Waals surface area contributed by atoms with Crippen molar-refractivity contribution in [2.24, 2.45) is 0 Å². The van der Waals surface area contributed by atoms with Gasteiger partial charge in [0, 0.05) is 10.2 Å². The summed E-state index contributed by atoms with van der Waals surface area (Å²) in [5.41, 5.74) is 0.321. The van der Waals surface area contributed by atoms with Gasteiger partial charge in [-0.3, -0.25) is 0 Å². The van der Waals surface area contributed by atoms with E-state index in [0.29, 0.717) is 5.69 Å². The molecule has 0 radical (unpaired) electrons. The normalized spacial score (nSPS) is 13.3. The molecule has 0 aromatic heterocycles. The van der Waals surface area contributed by atoms with Gasteiger partial charge in [0.2, 0.25) is 0 Å². The van der Waals surface area contributed by atoms with E-state index in [1.807, 2.05) is 24.3 Å². The van der Waals surface area contributed by atoms with Gasteiger partial charge in [-0.05, 0) is 48.9 Å². The molecule has 2 aromatic rings. The van der Waals surface area contributed by atoms with Crippen LogP contribution in [-0.4, -0.2) is 13.1 Å². The number of halogens is 2. The molecule has 0 aliphatic heterocycles. The lowest BCUT2D eigenvalue weighted by Gasteiger charge is -2.29. The summed E-state index contributed by atoms with van der Waals surface area (Å²) in [6, 6.07) is 13.2. The van der Waals surface area contributed by atoms with E-state index in [1.165, 1.54) is 19.2 Å². The van der Waals surface area contributed by atoms with E-state index < -0.39 is 11.5 Å². The smallest absolute Gasteiger partial charge is 0.335 e. The lowest BCUT2D eigenvalue weighted by Crippen LogP contribution is -2.41. The highest BCUT2D eigenvalue weighted by atomic mass is 79.9. The first-order chi connectivity index (χ1) is 9.95.